The smallest absolute Gasteiger partial charge is 0.370 e. The highest BCUT2D eigenvalue weighted by Gasteiger charge is 2.29. The summed E-state index contributed by atoms with van der Waals surface area (Å²) in [7, 11) is 0. The minimum absolute atomic E-state index is 0.106. The van der Waals surface area contributed by atoms with Crippen molar-refractivity contribution in [1.82, 2.24) is 0 Å². The summed E-state index contributed by atoms with van der Waals surface area (Å²) in [6, 6.07) is 0. The summed E-state index contributed by atoms with van der Waals surface area (Å²) in [5.41, 5.74) is 5.18. The van der Waals surface area contributed by atoms with Gasteiger partial charge in [0, 0.05) is 6.54 Å². The predicted molar refractivity (Wildman–Crippen MR) is 35.7 cm³/mol. The van der Waals surface area contributed by atoms with Crippen LogP contribution in [0, 0.1) is 0 Å². The third-order valence-corrected chi connectivity index (χ3v) is 1.42. The molecule has 5 heteroatoms. The van der Waals surface area contributed by atoms with Gasteiger partial charge in [0.1, 0.15) is 12.2 Å². The first-order valence-corrected chi connectivity index (χ1v) is 3.15. The fourth-order valence-corrected chi connectivity index (χ4v) is 0.844. The zero-order valence-electron chi connectivity index (χ0n) is 5.73. The number of nitrogens with two attached hydrogens (primary N) is 1. The van der Waals surface area contributed by atoms with E-state index < -0.39 is 18.2 Å². The molecule has 2 atom stereocenters. The van der Waals surface area contributed by atoms with Gasteiger partial charge in [0.2, 0.25) is 5.76 Å². The van der Waals surface area contributed by atoms with Gasteiger partial charge in [0.15, 0.2) is 0 Å². The normalized spacial score (nSPS) is 29.5. The van der Waals surface area contributed by atoms with Gasteiger partial charge in [-0.1, -0.05) is 0 Å². The molecule has 0 bridgehead atoms. The van der Waals surface area contributed by atoms with Crippen LogP contribution in [-0.4, -0.2) is 34.9 Å². The molecule has 1 heterocycles. The van der Waals surface area contributed by atoms with E-state index in [0.29, 0.717) is 0 Å². The van der Waals surface area contributed by atoms with Crippen LogP contribution in [0.4, 0.5) is 0 Å². The molecule has 0 aromatic heterocycles. The van der Waals surface area contributed by atoms with Crippen LogP contribution in [0.1, 0.15) is 0 Å². The molecule has 5 nitrogen and oxygen atoms in total. The van der Waals surface area contributed by atoms with Crippen molar-refractivity contribution in [3.63, 3.8) is 0 Å². The van der Waals surface area contributed by atoms with E-state index in [-0.39, 0.29) is 12.3 Å². The molecule has 0 aromatic rings. The molecule has 0 radical (unpaired) electrons. The maximum absolute atomic E-state index is 10.3. The lowest BCUT2D eigenvalue weighted by Gasteiger charge is -2.11. The van der Waals surface area contributed by atoms with Gasteiger partial charge in [-0.2, -0.15) is 0 Å². The van der Waals surface area contributed by atoms with E-state index in [1.54, 1.807) is 0 Å². The van der Waals surface area contributed by atoms with E-state index in [9.17, 15) is 4.79 Å². The number of aliphatic hydroxyl groups is 1. The van der Waals surface area contributed by atoms with Crippen LogP contribution in [0.15, 0.2) is 11.8 Å². The van der Waals surface area contributed by atoms with Crippen molar-refractivity contribution < 1.29 is 19.7 Å². The fourth-order valence-electron chi connectivity index (χ4n) is 0.844. The zero-order valence-corrected chi connectivity index (χ0v) is 5.73. The van der Waals surface area contributed by atoms with E-state index in [0.717, 1.165) is 6.08 Å². The molecule has 0 saturated carbocycles. The Morgan fingerprint density at radius 3 is 2.73 bits per heavy atom. The molecular weight excluding hydrogens is 150 g/mol. The standard InChI is InChI=1S/C6H9NO4/c7-2-5-3(8)1-4(11-5)6(9)10/h1,3,5,8H,2,7H2,(H,9,10)/t3-,5+/m1/s1. The second kappa shape index (κ2) is 2.89. The lowest BCUT2D eigenvalue weighted by atomic mass is 10.2. The fraction of sp³-hybridized carbons (Fsp3) is 0.500. The molecule has 0 amide bonds. The van der Waals surface area contributed by atoms with Crippen LogP contribution in [-0.2, 0) is 9.53 Å². The van der Waals surface area contributed by atoms with Gasteiger partial charge in [-0.05, 0) is 6.08 Å². The first-order valence-electron chi connectivity index (χ1n) is 3.15. The highest BCUT2D eigenvalue weighted by atomic mass is 16.5. The van der Waals surface area contributed by atoms with Crippen molar-refractivity contribution >= 4 is 5.97 Å². The summed E-state index contributed by atoms with van der Waals surface area (Å²) < 4.78 is 4.77. The van der Waals surface area contributed by atoms with E-state index in [2.05, 4.69) is 0 Å². The highest BCUT2D eigenvalue weighted by Crippen LogP contribution is 2.16. The van der Waals surface area contributed by atoms with Crippen LogP contribution in [0.25, 0.3) is 0 Å². The van der Waals surface area contributed by atoms with Crippen molar-refractivity contribution in [2.24, 2.45) is 5.73 Å². The number of aliphatic carboxylic acids is 1. The summed E-state index contributed by atoms with van der Waals surface area (Å²) in [5, 5.41) is 17.5. The SMILES string of the molecule is NC[C@@H]1OC(C(=O)O)=C[C@H]1O. The molecule has 0 spiro atoms. The molecular formula is C6H9NO4. The summed E-state index contributed by atoms with van der Waals surface area (Å²) in [4.78, 5) is 10.3. The second-order valence-corrected chi connectivity index (χ2v) is 2.22. The lowest BCUT2D eigenvalue weighted by molar-refractivity contribution is -0.137. The molecule has 62 valence electrons. The number of aliphatic hydroxyl groups excluding tert-OH is 1. The minimum atomic E-state index is -1.18. The third-order valence-electron chi connectivity index (χ3n) is 1.42. The first-order chi connectivity index (χ1) is 5.15. The van der Waals surface area contributed by atoms with Crippen LogP contribution in [0.2, 0.25) is 0 Å². The van der Waals surface area contributed by atoms with E-state index in [1.165, 1.54) is 0 Å². The summed E-state index contributed by atoms with van der Waals surface area (Å²) >= 11 is 0. The average molecular weight is 159 g/mol. The molecule has 1 aliphatic heterocycles. The maximum Gasteiger partial charge on any atom is 0.370 e. The number of carboxylic acid groups (broad SMARTS) is 1. The van der Waals surface area contributed by atoms with Gasteiger partial charge >= 0.3 is 5.97 Å². The summed E-state index contributed by atoms with van der Waals surface area (Å²) in [6.07, 6.45) is -0.368. The van der Waals surface area contributed by atoms with Crippen LogP contribution >= 0.6 is 0 Å². The Kier molecular flexibility index (Phi) is 2.11. The highest BCUT2D eigenvalue weighted by molar-refractivity contribution is 5.84. The lowest BCUT2D eigenvalue weighted by Crippen LogP contribution is -2.30. The number of rotatable bonds is 2. The Labute approximate surface area is 63.1 Å². The second-order valence-electron chi connectivity index (χ2n) is 2.22. The van der Waals surface area contributed by atoms with Crippen molar-refractivity contribution in [3.05, 3.63) is 11.8 Å². The van der Waals surface area contributed by atoms with Gasteiger partial charge < -0.3 is 20.7 Å². The topological polar surface area (TPSA) is 92.8 Å². The Hall–Kier alpha value is -1.07. The summed E-state index contributed by atoms with van der Waals surface area (Å²) in [5.74, 6) is -1.41. The minimum Gasteiger partial charge on any atom is -0.479 e. The van der Waals surface area contributed by atoms with Gasteiger partial charge in [-0.3, -0.25) is 0 Å². The molecule has 1 rings (SSSR count). The van der Waals surface area contributed by atoms with Crippen LogP contribution in [0.5, 0.6) is 0 Å². The number of hydrogen-bond acceptors (Lipinski definition) is 4. The van der Waals surface area contributed by atoms with Crippen molar-refractivity contribution in [1.29, 1.82) is 0 Å². The first kappa shape index (κ1) is 8.03. The van der Waals surface area contributed by atoms with Gasteiger partial charge in [-0.15, -0.1) is 0 Å². The number of carboxylic acids is 1. The van der Waals surface area contributed by atoms with Gasteiger partial charge in [0.25, 0.3) is 0 Å². The van der Waals surface area contributed by atoms with Crippen molar-refractivity contribution in [2.75, 3.05) is 6.54 Å². The van der Waals surface area contributed by atoms with E-state index in [4.69, 9.17) is 20.7 Å². The number of ether oxygens (including phenoxy) is 1. The van der Waals surface area contributed by atoms with Crippen molar-refractivity contribution in [2.45, 2.75) is 12.2 Å². The zero-order chi connectivity index (χ0) is 8.43. The summed E-state index contributed by atoms with van der Waals surface area (Å²) in [6.45, 7) is 0.106. The molecule has 0 unspecified atom stereocenters. The van der Waals surface area contributed by atoms with Gasteiger partial charge in [0.05, 0.1) is 0 Å². The molecule has 0 aliphatic carbocycles. The number of carbonyl (C=O) groups is 1. The Bertz CT molecular complexity index is 201. The van der Waals surface area contributed by atoms with Crippen molar-refractivity contribution in [3.8, 4) is 0 Å². The maximum atomic E-state index is 10.3. The Morgan fingerprint density at radius 2 is 2.45 bits per heavy atom. The largest absolute Gasteiger partial charge is 0.479 e. The molecule has 0 aromatic carbocycles. The monoisotopic (exact) mass is 159 g/mol. The number of hydrogen-bond donors (Lipinski definition) is 3. The Balaban J connectivity index is 2.63. The van der Waals surface area contributed by atoms with Crippen LogP contribution < -0.4 is 5.73 Å². The molecule has 4 N–H and O–H groups in total. The van der Waals surface area contributed by atoms with E-state index in [1.807, 2.05) is 0 Å². The predicted octanol–water partition coefficient (Wildman–Crippen LogP) is -1.33. The van der Waals surface area contributed by atoms with Gasteiger partial charge in [-0.25, -0.2) is 4.79 Å². The molecule has 11 heavy (non-hydrogen) atoms. The third kappa shape index (κ3) is 1.50. The quantitative estimate of drug-likeness (QED) is 0.464. The Morgan fingerprint density at radius 1 is 1.82 bits per heavy atom. The average Bonchev–Trinajstić information content (AvgIpc) is 2.31. The molecule has 1 aliphatic rings. The molecule has 0 saturated heterocycles. The van der Waals surface area contributed by atoms with E-state index >= 15 is 0 Å². The van der Waals surface area contributed by atoms with Crippen LogP contribution in [0.3, 0.4) is 0 Å². The molecule has 0 fully saturated rings.